The van der Waals surface area contributed by atoms with Crippen LogP contribution in [0.25, 0.3) is 5.69 Å². The molecule has 0 saturated heterocycles. The zero-order valence-electron chi connectivity index (χ0n) is 13.5. The highest BCUT2D eigenvalue weighted by molar-refractivity contribution is 6.04. The number of hydrogen-bond donors (Lipinski definition) is 1. The van der Waals surface area contributed by atoms with Crippen molar-refractivity contribution in [2.24, 2.45) is 0 Å². The molecule has 3 rings (SSSR count). The molecule has 0 saturated carbocycles. The van der Waals surface area contributed by atoms with Gasteiger partial charge in [-0.05, 0) is 62.2 Å². The van der Waals surface area contributed by atoms with E-state index in [1.165, 1.54) is 0 Å². The van der Waals surface area contributed by atoms with Crippen LogP contribution in [0.5, 0.6) is 0 Å². The molecule has 0 unspecified atom stereocenters. The Morgan fingerprint density at radius 1 is 1.09 bits per heavy atom. The molecule has 3 aromatic rings. The molecule has 1 aromatic carbocycles. The molecule has 2 aromatic heterocycles. The highest BCUT2D eigenvalue weighted by Gasteiger charge is 2.14. The lowest BCUT2D eigenvalue weighted by Crippen LogP contribution is -2.17. The van der Waals surface area contributed by atoms with E-state index in [2.05, 4.69) is 10.3 Å². The molecule has 4 heteroatoms. The summed E-state index contributed by atoms with van der Waals surface area (Å²) >= 11 is 0. The normalized spacial score (nSPS) is 10.6. The van der Waals surface area contributed by atoms with E-state index in [0.29, 0.717) is 5.69 Å². The SMILES string of the molecule is Cc1ccc(C)c(NC(=O)c2cccn2-c2cccnc2C)c1. The minimum Gasteiger partial charge on any atom is -0.320 e. The summed E-state index contributed by atoms with van der Waals surface area (Å²) in [5.41, 5.74) is 5.37. The van der Waals surface area contributed by atoms with Crippen molar-refractivity contribution in [3.8, 4) is 5.69 Å². The molecule has 116 valence electrons. The van der Waals surface area contributed by atoms with Gasteiger partial charge < -0.3 is 9.88 Å². The molecular weight excluding hydrogens is 286 g/mol. The number of nitrogens with zero attached hydrogens (tertiary/aromatic N) is 2. The average Bonchev–Trinajstić information content (AvgIpc) is 3.01. The fourth-order valence-electron chi connectivity index (χ4n) is 2.56. The third-order valence-corrected chi connectivity index (χ3v) is 3.86. The molecule has 0 spiro atoms. The van der Waals surface area contributed by atoms with Gasteiger partial charge in [-0.15, -0.1) is 0 Å². The summed E-state index contributed by atoms with van der Waals surface area (Å²) in [5, 5.41) is 3.00. The minimum atomic E-state index is -0.132. The number of pyridine rings is 1. The third-order valence-electron chi connectivity index (χ3n) is 3.86. The van der Waals surface area contributed by atoms with Crippen molar-refractivity contribution in [1.82, 2.24) is 9.55 Å². The molecule has 0 aliphatic carbocycles. The largest absolute Gasteiger partial charge is 0.320 e. The van der Waals surface area contributed by atoms with Crippen molar-refractivity contribution in [2.45, 2.75) is 20.8 Å². The maximum Gasteiger partial charge on any atom is 0.272 e. The monoisotopic (exact) mass is 305 g/mol. The average molecular weight is 305 g/mol. The standard InChI is InChI=1S/C19H19N3O/c1-13-8-9-14(2)16(12-13)21-19(23)18-7-5-11-22(18)17-6-4-10-20-15(17)3/h4-12H,1-3H3,(H,21,23). The third kappa shape index (κ3) is 3.01. The van der Waals surface area contributed by atoms with Gasteiger partial charge in [0.2, 0.25) is 0 Å². The van der Waals surface area contributed by atoms with Gasteiger partial charge in [0, 0.05) is 18.1 Å². The van der Waals surface area contributed by atoms with E-state index in [4.69, 9.17) is 0 Å². The van der Waals surface area contributed by atoms with Crippen LogP contribution in [0.1, 0.15) is 27.3 Å². The first-order valence-corrected chi connectivity index (χ1v) is 7.54. The second kappa shape index (κ2) is 6.08. The van der Waals surface area contributed by atoms with E-state index < -0.39 is 0 Å². The quantitative estimate of drug-likeness (QED) is 0.793. The van der Waals surface area contributed by atoms with E-state index in [1.54, 1.807) is 6.20 Å². The Bertz CT molecular complexity index is 865. The van der Waals surface area contributed by atoms with Crippen molar-refractivity contribution < 1.29 is 4.79 Å². The highest BCUT2D eigenvalue weighted by atomic mass is 16.1. The minimum absolute atomic E-state index is 0.132. The van der Waals surface area contributed by atoms with Crippen LogP contribution in [0.15, 0.2) is 54.9 Å². The lowest BCUT2D eigenvalue weighted by Gasteiger charge is -2.13. The molecule has 2 heterocycles. The predicted octanol–water partition coefficient (Wildman–Crippen LogP) is 4.05. The van der Waals surface area contributed by atoms with Crippen LogP contribution in [-0.2, 0) is 0 Å². The smallest absolute Gasteiger partial charge is 0.272 e. The Balaban J connectivity index is 1.94. The summed E-state index contributed by atoms with van der Waals surface area (Å²) in [6.07, 6.45) is 3.63. The predicted molar refractivity (Wildman–Crippen MR) is 92.2 cm³/mol. The van der Waals surface area contributed by atoms with Gasteiger partial charge in [-0.3, -0.25) is 9.78 Å². The maximum absolute atomic E-state index is 12.7. The van der Waals surface area contributed by atoms with Gasteiger partial charge in [-0.1, -0.05) is 12.1 Å². The first-order valence-electron chi connectivity index (χ1n) is 7.54. The Morgan fingerprint density at radius 2 is 1.91 bits per heavy atom. The summed E-state index contributed by atoms with van der Waals surface area (Å²) in [5.74, 6) is -0.132. The fourth-order valence-corrected chi connectivity index (χ4v) is 2.56. The second-order valence-electron chi connectivity index (χ2n) is 5.64. The van der Waals surface area contributed by atoms with Crippen molar-refractivity contribution in [1.29, 1.82) is 0 Å². The summed E-state index contributed by atoms with van der Waals surface area (Å²) in [6, 6.07) is 13.5. The number of aromatic nitrogens is 2. The Kier molecular flexibility index (Phi) is 3.98. The molecule has 4 nitrogen and oxygen atoms in total. The lowest BCUT2D eigenvalue weighted by molar-refractivity contribution is 0.102. The van der Waals surface area contributed by atoms with Crippen LogP contribution in [0.4, 0.5) is 5.69 Å². The zero-order chi connectivity index (χ0) is 16.4. The molecule has 0 aliphatic rings. The lowest BCUT2D eigenvalue weighted by atomic mass is 10.1. The van der Waals surface area contributed by atoms with Gasteiger partial charge >= 0.3 is 0 Å². The van der Waals surface area contributed by atoms with Gasteiger partial charge in [0.1, 0.15) is 5.69 Å². The van der Waals surface area contributed by atoms with Crippen molar-refractivity contribution in [3.63, 3.8) is 0 Å². The molecular formula is C19H19N3O. The molecule has 0 atom stereocenters. The number of carbonyl (C=O) groups is 1. The maximum atomic E-state index is 12.7. The van der Waals surface area contributed by atoms with E-state index in [-0.39, 0.29) is 5.91 Å². The summed E-state index contributed by atoms with van der Waals surface area (Å²) < 4.78 is 1.86. The first-order chi connectivity index (χ1) is 11.1. The zero-order valence-corrected chi connectivity index (χ0v) is 13.5. The number of amides is 1. The fraction of sp³-hybridized carbons (Fsp3) is 0.158. The molecule has 1 N–H and O–H groups in total. The highest BCUT2D eigenvalue weighted by Crippen LogP contribution is 2.20. The molecule has 1 amide bonds. The first kappa shape index (κ1) is 15.0. The Hall–Kier alpha value is -2.88. The molecule has 0 fully saturated rings. The number of nitrogens with one attached hydrogen (secondary N) is 1. The van der Waals surface area contributed by atoms with Gasteiger partial charge in [-0.2, -0.15) is 0 Å². The van der Waals surface area contributed by atoms with Crippen LogP contribution >= 0.6 is 0 Å². The van der Waals surface area contributed by atoms with Gasteiger partial charge in [0.25, 0.3) is 5.91 Å². The Labute approximate surface area is 135 Å². The van der Waals surface area contributed by atoms with Crippen molar-refractivity contribution >= 4 is 11.6 Å². The number of aryl methyl sites for hydroxylation is 3. The number of rotatable bonds is 3. The Morgan fingerprint density at radius 3 is 2.70 bits per heavy atom. The van der Waals surface area contributed by atoms with E-state index in [0.717, 1.165) is 28.2 Å². The van der Waals surface area contributed by atoms with E-state index >= 15 is 0 Å². The van der Waals surface area contributed by atoms with Gasteiger partial charge in [-0.25, -0.2) is 0 Å². The second-order valence-corrected chi connectivity index (χ2v) is 5.64. The van der Waals surface area contributed by atoms with Crippen molar-refractivity contribution in [3.05, 3.63) is 77.4 Å². The molecule has 0 radical (unpaired) electrons. The molecule has 23 heavy (non-hydrogen) atoms. The number of hydrogen-bond acceptors (Lipinski definition) is 2. The van der Waals surface area contributed by atoms with Gasteiger partial charge in [0.05, 0.1) is 11.4 Å². The topological polar surface area (TPSA) is 46.9 Å². The van der Waals surface area contributed by atoms with Gasteiger partial charge in [0.15, 0.2) is 0 Å². The van der Waals surface area contributed by atoms with Crippen LogP contribution in [-0.4, -0.2) is 15.5 Å². The number of benzene rings is 1. The van der Waals surface area contributed by atoms with E-state index in [1.807, 2.05) is 74.0 Å². The van der Waals surface area contributed by atoms with Crippen LogP contribution in [0.2, 0.25) is 0 Å². The summed E-state index contributed by atoms with van der Waals surface area (Å²) in [4.78, 5) is 17.0. The summed E-state index contributed by atoms with van der Waals surface area (Å²) in [7, 11) is 0. The number of anilines is 1. The van der Waals surface area contributed by atoms with Crippen LogP contribution < -0.4 is 5.32 Å². The van der Waals surface area contributed by atoms with E-state index in [9.17, 15) is 4.79 Å². The molecule has 0 bridgehead atoms. The molecule has 0 aliphatic heterocycles. The summed E-state index contributed by atoms with van der Waals surface area (Å²) in [6.45, 7) is 5.93. The number of carbonyl (C=O) groups excluding carboxylic acids is 1. The van der Waals surface area contributed by atoms with Crippen LogP contribution in [0, 0.1) is 20.8 Å². The van der Waals surface area contributed by atoms with Crippen LogP contribution in [0.3, 0.4) is 0 Å². The van der Waals surface area contributed by atoms with Crippen molar-refractivity contribution in [2.75, 3.05) is 5.32 Å².